The summed E-state index contributed by atoms with van der Waals surface area (Å²) in [7, 11) is 0. The first-order valence-electron chi connectivity index (χ1n) is 10.9. The van der Waals surface area contributed by atoms with E-state index in [0.717, 1.165) is 16.8 Å². The fourth-order valence-corrected chi connectivity index (χ4v) is 4.23. The number of alkyl halides is 5. The summed E-state index contributed by atoms with van der Waals surface area (Å²) < 4.78 is 76.5. The minimum Gasteiger partial charge on any atom is -0.395 e. The van der Waals surface area contributed by atoms with Crippen molar-refractivity contribution in [2.45, 2.75) is 25.9 Å². The lowest BCUT2D eigenvalue weighted by molar-refractivity contribution is -0.286. The van der Waals surface area contributed by atoms with E-state index >= 15 is 0 Å². The van der Waals surface area contributed by atoms with Crippen LogP contribution in [0.2, 0.25) is 5.02 Å². The number of hydrogen-bond donors (Lipinski definition) is 1. The number of halogens is 6. The van der Waals surface area contributed by atoms with Crippen LogP contribution in [0.25, 0.3) is 22.3 Å². The van der Waals surface area contributed by atoms with Gasteiger partial charge in [-0.25, -0.2) is 9.67 Å². The van der Waals surface area contributed by atoms with Gasteiger partial charge in [-0.1, -0.05) is 11.6 Å². The first kappa shape index (κ1) is 25.4. The third-order valence-corrected chi connectivity index (χ3v) is 5.85. The van der Waals surface area contributed by atoms with Crippen molar-refractivity contribution in [3.63, 3.8) is 0 Å². The Hall–Kier alpha value is -4.20. The Labute approximate surface area is 214 Å². The highest BCUT2D eigenvalue weighted by atomic mass is 35.5. The largest absolute Gasteiger partial charge is 0.586 e. The maximum absolute atomic E-state index is 13.4. The summed E-state index contributed by atoms with van der Waals surface area (Å²) in [6.07, 6.45) is -7.38. The molecule has 1 N–H and O–H groups in total. The van der Waals surface area contributed by atoms with Crippen molar-refractivity contribution in [2.24, 2.45) is 0 Å². The molecule has 5 rings (SSSR count). The van der Waals surface area contributed by atoms with Gasteiger partial charge in [-0.15, -0.1) is 8.78 Å². The molecular weight excluding hydrogens is 541 g/mol. The van der Waals surface area contributed by atoms with Crippen LogP contribution in [-0.2, 0) is 17.5 Å². The van der Waals surface area contributed by atoms with E-state index in [1.807, 2.05) is 0 Å². The molecule has 0 radical (unpaired) electrons. The molecule has 0 fully saturated rings. The molecule has 38 heavy (non-hydrogen) atoms. The van der Waals surface area contributed by atoms with Crippen molar-refractivity contribution in [2.75, 3.05) is 11.4 Å². The Kier molecular flexibility index (Phi) is 6.01. The number of nitrogens with zero attached hydrogens (tertiary/aromatic N) is 4. The van der Waals surface area contributed by atoms with Gasteiger partial charge in [0.25, 0.3) is 5.56 Å². The molecule has 2 aromatic heterocycles. The zero-order chi connectivity index (χ0) is 27.4. The Morgan fingerprint density at radius 3 is 2.61 bits per heavy atom. The summed E-state index contributed by atoms with van der Waals surface area (Å²) in [5.74, 6) is -1.17. The van der Waals surface area contributed by atoms with Gasteiger partial charge in [0, 0.05) is 28.9 Å². The van der Waals surface area contributed by atoms with Crippen molar-refractivity contribution in [1.82, 2.24) is 19.7 Å². The lowest BCUT2D eigenvalue weighted by atomic mass is 10.1. The van der Waals surface area contributed by atoms with Crippen molar-refractivity contribution in [3.05, 3.63) is 63.7 Å². The molecule has 0 atom stereocenters. The van der Waals surface area contributed by atoms with E-state index in [0.29, 0.717) is 0 Å². The number of imidazole rings is 1. The van der Waals surface area contributed by atoms with E-state index in [4.69, 9.17) is 11.6 Å². The van der Waals surface area contributed by atoms with E-state index in [1.165, 1.54) is 35.5 Å². The highest BCUT2D eigenvalue weighted by molar-refractivity contribution is 6.31. The van der Waals surface area contributed by atoms with Crippen LogP contribution in [-0.4, -0.2) is 38.5 Å². The standard InChI is InChI=1S/C23H15ClF5N5O4/c1-2-33(14-3-4-15-16(8-14)38-23(28,29)37-15)17(35)9-34-21(36)20-19(30-10-31-20)18(32-34)11-5-12(22(25,26)27)7-13(24)6-11/h3-8,10H,2,9H2,1H3,(H,30,31). The van der Waals surface area contributed by atoms with Crippen LogP contribution in [0, 0.1) is 0 Å². The smallest absolute Gasteiger partial charge is 0.395 e. The van der Waals surface area contributed by atoms with Gasteiger partial charge in [0.1, 0.15) is 12.2 Å². The number of hydrogen-bond acceptors (Lipinski definition) is 6. The van der Waals surface area contributed by atoms with Gasteiger partial charge in [-0.05, 0) is 37.3 Å². The number of fused-ring (bicyclic) bond motifs is 2. The number of aromatic amines is 1. The molecule has 198 valence electrons. The average molecular weight is 556 g/mol. The van der Waals surface area contributed by atoms with E-state index in [2.05, 4.69) is 24.5 Å². The molecule has 0 unspecified atom stereocenters. The second kappa shape index (κ2) is 8.97. The summed E-state index contributed by atoms with van der Waals surface area (Å²) in [6, 6.07) is 6.53. The fraction of sp³-hybridized carbons (Fsp3) is 0.217. The number of H-pyrrole nitrogens is 1. The number of benzene rings is 2. The molecule has 0 saturated carbocycles. The zero-order valence-electron chi connectivity index (χ0n) is 19.1. The Balaban J connectivity index is 1.53. The van der Waals surface area contributed by atoms with Gasteiger partial charge < -0.3 is 19.4 Å². The normalized spacial score (nSPS) is 14.2. The van der Waals surface area contributed by atoms with Gasteiger partial charge in [-0.2, -0.15) is 18.3 Å². The quantitative estimate of drug-likeness (QED) is 0.354. The molecule has 1 aliphatic heterocycles. The average Bonchev–Trinajstić information content (AvgIpc) is 3.43. The molecule has 15 heteroatoms. The first-order chi connectivity index (χ1) is 17.9. The SMILES string of the molecule is CCN(C(=O)Cn1nc(-c2cc(Cl)cc(C(F)(F)F)c2)c2[nH]cnc2c1=O)c1ccc2c(c1)OC(F)(F)O2. The number of anilines is 1. The van der Waals surface area contributed by atoms with Gasteiger partial charge in [0.15, 0.2) is 17.0 Å². The molecule has 0 saturated heterocycles. The van der Waals surface area contributed by atoms with Crippen molar-refractivity contribution in [1.29, 1.82) is 0 Å². The molecule has 0 spiro atoms. The lowest BCUT2D eigenvalue weighted by Crippen LogP contribution is -2.37. The molecule has 0 bridgehead atoms. The summed E-state index contributed by atoms with van der Waals surface area (Å²) in [5, 5.41) is 3.93. The zero-order valence-corrected chi connectivity index (χ0v) is 19.9. The minimum atomic E-state index is -4.70. The van der Waals surface area contributed by atoms with E-state index in [1.54, 1.807) is 6.92 Å². The number of carbonyl (C=O) groups excluding carboxylic acids is 1. The number of ether oxygens (including phenoxy) is 2. The highest BCUT2D eigenvalue weighted by Gasteiger charge is 2.43. The Morgan fingerprint density at radius 1 is 1.16 bits per heavy atom. The van der Waals surface area contributed by atoms with Crippen LogP contribution in [0.3, 0.4) is 0 Å². The van der Waals surface area contributed by atoms with Crippen LogP contribution in [0.4, 0.5) is 27.6 Å². The predicted molar refractivity (Wildman–Crippen MR) is 124 cm³/mol. The molecule has 1 amide bonds. The highest BCUT2D eigenvalue weighted by Crippen LogP contribution is 2.43. The van der Waals surface area contributed by atoms with Gasteiger partial charge in [-0.3, -0.25) is 9.59 Å². The minimum absolute atomic E-state index is 0.0538. The van der Waals surface area contributed by atoms with Crippen molar-refractivity contribution in [3.8, 4) is 22.8 Å². The summed E-state index contributed by atoms with van der Waals surface area (Å²) in [6.45, 7) is 1.05. The molecule has 3 heterocycles. The van der Waals surface area contributed by atoms with Gasteiger partial charge >= 0.3 is 12.5 Å². The van der Waals surface area contributed by atoms with Crippen LogP contribution in [0.1, 0.15) is 12.5 Å². The fourth-order valence-electron chi connectivity index (χ4n) is 4.00. The van der Waals surface area contributed by atoms with Gasteiger partial charge in [0.05, 0.1) is 17.4 Å². The number of amides is 1. The number of carbonyl (C=O) groups is 1. The Bertz CT molecular complexity index is 1630. The molecule has 9 nitrogen and oxygen atoms in total. The molecular formula is C23H15ClF5N5O4. The van der Waals surface area contributed by atoms with Crippen LogP contribution in [0.15, 0.2) is 47.5 Å². The van der Waals surface area contributed by atoms with E-state index < -0.39 is 36.0 Å². The third-order valence-electron chi connectivity index (χ3n) is 5.63. The summed E-state index contributed by atoms with van der Waals surface area (Å²) in [4.78, 5) is 34.0. The van der Waals surface area contributed by atoms with Crippen LogP contribution >= 0.6 is 11.6 Å². The second-order valence-corrected chi connectivity index (χ2v) is 8.54. The van der Waals surface area contributed by atoms with E-state index in [9.17, 15) is 31.5 Å². The molecule has 4 aromatic rings. The predicted octanol–water partition coefficient (Wildman–Crippen LogP) is 4.83. The monoisotopic (exact) mass is 555 g/mol. The maximum Gasteiger partial charge on any atom is 0.586 e. The Morgan fingerprint density at radius 2 is 1.89 bits per heavy atom. The summed E-state index contributed by atoms with van der Waals surface area (Å²) >= 11 is 5.92. The van der Waals surface area contributed by atoms with Gasteiger partial charge in [0.2, 0.25) is 5.91 Å². The molecule has 0 aliphatic carbocycles. The topological polar surface area (TPSA) is 102 Å². The van der Waals surface area contributed by atoms with Crippen LogP contribution < -0.4 is 19.9 Å². The van der Waals surface area contributed by atoms with Crippen molar-refractivity contribution < 1.29 is 36.2 Å². The van der Waals surface area contributed by atoms with Crippen molar-refractivity contribution >= 4 is 34.2 Å². The van der Waals surface area contributed by atoms with E-state index in [-0.39, 0.29) is 51.0 Å². The molecule has 1 aliphatic rings. The number of aromatic nitrogens is 4. The maximum atomic E-state index is 13.4. The second-order valence-electron chi connectivity index (χ2n) is 8.10. The summed E-state index contributed by atoms with van der Waals surface area (Å²) in [5.41, 5.74) is -1.90. The molecule has 2 aromatic carbocycles. The lowest BCUT2D eigenvalue weighted by Gasteiger charge is -2.21. The number of likely N-dealkylation sites (N-methyl/N-ethyl adjacent to an activating group) is 1. The number of nitrogens with one attached hydrogen (secondary N) is 1. The number of rotatable bonds is 5. The van der Waals surface area contributed by atoms with Crippen LogP contribution in [0.5, 0.6) is 11.5 Å². The first-order valence-corrected chi connectivity index (χ1v) is 11.3. The third kappa shape index (κ3) is 4.62.